The summed E-state index contributed by atoms with van der Waals surface area (Å²) in [7, 11) is 0. The highest BCUT2D eigenvalue weighted by Gasteiger charge is 2.14. The summed E-state index contributed by atoms with van der Waals surface area (Å²) in [5, 5.41) is 0. The molecule has 0 spiro atoms. The summed E-state index contributed by atoms with van der Waals surface area (Å²) in [5.41, 5.74) is 2.18. The summed E-state index contributed by atoms with van der Waals surface area (Å²) >= 11 is 0. The van der Waals surface area contributed by atoms with Gasteiger partial charge in [-0.3, -0.25) is 4.79 Å². The number of esters is 1. The molecule has 0 bridgehead atoms. The predicted molar refractivity (Wildman–Crippen MR) is 61.0 cm³/mol. The lowest BCUT2D eigenvalue weighted by atomic mass is 10.1. The van der Waals surface area contributed by atoms with Crippen molar-refractivity contribution in [3.63, 3.8) is 0 Å². The fraction of sp³-hybridized carbons (Fsp3) is 0.462. The first-order chi connectivity index (χ1) is 7.06. The second-order valence-electron chi connectivity index (χ2n) is 3.93. The van der Waals surface area contributed by atoms with Crippen LogP contribution in [0.15, 0.2) is 18.2 Å². The monoisotopic (exact) mass is 206 g/mol. The molecular weight excluding hydrogens is 188 g/mol. The highest BCUT2D eigenvalue weighted by atomic mass is 16.5. The molecule has 0 N–H and O–H groups in total. The predicted octanol–water partition coefficient (Wildman–Crippen LogP) is 3.25. The van der Waals surface area contributed by atoms with Gasteiger partial charge >= 0.3 is 5.97 Å². The van der Waals surface area contributed by atoms with Gasteiger partial charge < -0.3 is 4.74 Å². The van der Waals surface area contributed by atoms with Crippen molar-refractivity contribution in [2.75, 3.05) is 0 Å². The Bertz CT molecular complexity index is 356. The molecule has 0 saturated carbocycles. The van der Waals surface area contributed by atoms with Gasteiger partial charge in [0.1, 0.15) is 5.75 Å². The normalized spacial score (nSPS) is 12.3. The van der Waals surface area contributed by atoms with E-state index in [2.05, 4.69) is 0 Å². The molecule has 1 aromatic rings. The lowest BCUT2D eigenvalue weighted by Gasteiger charge is -2.11. The van der Waals surface area contributed by atoms with Crippen LogP contribution in [0.4, 0.5) is 0 Å². The number of ether oxygens (including phenoxy) is 1. The molecule has 2 heteroatoms. The molecule has 0 aromatic heterocycles. The molecular formula is C13H18O2. The summed E-state index contributed by atoms with van der Waals surface area (Å²) in [6, 6.07) is 5.75. The maximum absolute atomic E-state index is 11.6. The van der Waals surface area contributed by atoms with E-state index in [1.54, 1.807) is 0 Å². The molecule has 0 radical (unpaired) electrons. The Hall–Kier alpha value is -1.31. The highest BCUT2D eigenvalue weighted by molar-refractivity contribution is 5.75. The number of carbonyl (C=O) groups is 1. The number of hydrogen-bond acceptors (Lipinski definition) is 2. The number of rotatable bonds is 3. The molecule has 0 aliphatic carbocycles. The van der Waals surface area contributed by atoms with Crippen LogP contribution in [0, 0.1) is 19.8 Å². The van der Waals surface area contributed by atoms with E-state index in [-0.39, 0.29) is 11.9 Å². The van der Waals surface area contributed by atoms with Gasteiger partial charge in [0.05, 0.1) is 5.92 Å². The minimum absolute atomic E-state index is 0.0371. The molecule has 82 valence electrons. The average molecular weight is 206 g/mol. The van der Waals surface area contributed by atoms with Crippen molar-refractivity contribution in [2.24, 2.45) is 5.92 Å². The van der Waals surface area contributed by atoms with E-state index in [4.69, 9.17) is 4.74 Å². The summed E-state index contributed by atoms with van der Waals surface area (Å²) in [5.74, 6) is 0.497. The first kappa shape index (κ1) is 11.8. The van der Waals surface area contributed by atoms with Crippen molar-refractivity contribution in [1.29, 1.82) is 0 Å². The maximum atomic E-state index is 11.6. The Morgan fingerprint density at radius 3 is 2.67 bits per heavy atom. The molecule has 0 heterocycles. The Morgan fingerprint density at radius 2 is 2.07 bits per heavy atom. The van der Waals surface area contributed by atoms with Gasteiger partial charge in [-0.15, -0.1) is 0 Å². The first-order valence-electron chi connectivity index (χ1n) is 5.34. The summed E-state index contributed by atoms with van der Waals surface area (Å²) in [6.07, 6.45) is 0.809. The minimum atomic E-state index is -0.147. The topological polar surface area (TPSA) is 26.3 Å². The van der Waals surface area contributed by atoms with Crippen LogP contribution in [0.3, 0.4) is 0 Å². The van der Waals surface area contributed by atoms with Crippen molar-refractivity contribution in [1.82, 2.24) is 0 Å². The molecule has 1 rings (SSSR count). The van der Waals surface area contributed by atoms with Crippen LogP contribution < -0.4 is 4.74 Å². The number of benzene rings is 1. The minimum Gasteiger partial charge on any atom is -0.426 e. The second kappa shape index (κ2) is 4.96. The van der Waals surface area contributed by atoms with E-state index in [0.717, 1.165) is 17.5 Å². The molecule has 2 nitrogen and oxygen atoms in total. The third-order valence-electron chi connectivity index (χ3n) is 2.78. The van der Waals surface area contributed by atoms with Gasteiger partial charge in [0.25, 0.3) is 0 Å². The van der Waals surface area contributed by atoms with Crippen LogP contribution >= 0.6 is 0 Å². The largest absolute Gasteiger partial charge is 0.426 e. The van der Waals surface area contributed by atoms with E-state index in [9.17, 15) is 4.79 Å². The number of carbonyl (C=O) groups excluding carboxylic acids is 1. The van der Waals surface area contributed by atoms with Crippen molar-refractivity contribution in [3.8, 4) is 5.75 Å². The average Bonchev–Trinajstić information content (AvgIpc) is 2.23. The van der Waals surface area contributed by atoms with Crippen molar-refractivity contribution in [2.45, 2.75) is 34.1 Å². The van der Waals surface area contributed by atoms with Crippen LogP contribution in [-0.4, -0.2) is 5.97 Å². The maximum Gasteiger partial charge on any atom is 0.314 e. The molecule has 0 fully saturated rings. The van der Waals surface area contributed by atoms with Crippen molar-refractivity contribution in [3.05, 3.63) is 29.3 Å². The third kappa shape index (κ3) is 2.82. The number of aryl methyl sites for hydroxylation is 1. The van der Waals surface area contributed by atoms with Gasteiger partial charge in [0.2, 0.25) is 0 Å². The second-order valence-corrected chi connectivity index (χ2v) is 3.93. The van der Waals surface area contributed by atoms with Crippen LogP contribution in [0.1, 0.15) is 31.4 Å². The van der Waals surface area contributed by atoms with E-state index >= 15 is 0 Å². The summed E-state index contributed by atoms with van der Waals surface area (Å²) in [6.45, 7) is 7.84. The summed E-state index contributed by atoms with van der Waals surface area (Å²) < 4.78 is 5.34. The van der Waals surface area contributed by atoms with Crippen LogP contribution in [0.25, 0.3) is 0 Å². The lowest BCUT2D eigenvalue weighted by Crippen LogP contribution is -2.17. The zero-order valence-electron chi connectivity index (χ0n) is 9.83. The van der Waals surface area contributed by atoms with Crippen molar-refractivity contribution < 1.29 is 9.53 Å². The fourth-order valence-corrected chi connectivity index (χ4v) is 1.21. The van der Waals surface area contributed by atoms with Gasteiger partial charge in [-0.05, 0) is 37.5 Å². The molecule has 1 atom stereocenters. The molecule has 1 unspecified atom stereocenters. The Balaban J connectivity index is 2.81. The van der Waals surface area contributed by atoms with E-state index in [1.165, 1.54) is 0 Å². The van der Waals surface area contributed by atoms with Gasteiger partial charge in [0, 0.05) is 0 Å². The van der Waals surface area contributed by atoms with Gasteiger partial charge in [-0.2, -0.15) is 0 Å². The van der Waals surface area contributed by atoms with Gasteiger partial charge in [-0.25, -0.2) is 0 Å². The highest BCUT2D eigenvalue weighted by Crippen LogP contribution is 2.21. The van der Waals surface area contributed by atoms with Gasteiger partial charge in [0.15, 0.2) is 0 Å². The van der Waals surface area contributed by atoms with Crippen molar-refractivity contribution >= 4 is 5.97 Å². The standard InChI is InChI=1S/C13H18O2/c1-5-9(2)13(14)15-12-8-6-7-10(3)11(12)4/h6-9H,5H2,1-4H3. The zero-order valence-corrected chi connectivity index (χ0v) is 9.83. The number of hydrogen-bond donors (Lipinski definition) is 0. The van der Waals surface area contributed by atoms with Crippen LogP contribution in [0.5, 0.6) is 5.75 Å². The Kier molecular flexibility index (Phi) is 3.89. The molecule has 15 heavy (non-hydrogen) atoms. The van der Waals surface area contributed by atoms with Gasteiger partial charge in [-0.1, -0.05) is 26.0 Å². The Labute approximate surface area is 91.3 Å². The quantitative estimate of drug-likeness (QED) is 0.560. The summed E-state index contributed by atoms with van der Waals surface area (Å²) in [4.78, 5) is 11.6. The first-order valence-corrected chi connectivity index (χ1v) is 5.34. The van der Waals surface area contributed by atoms with E-state index in [1.807, 2.05) is 45.9 Å². The van der Waals surface area contributed by atoms with Crippen LogP contribution in [0.2, 0.25) is 0 Å². The van der Waals surface area contributed by atoms with E-state index < -0.39 is 0 Å². The lowest BCUT2D eigenvalue weighted by molar-refractivity contribution is -0.138. The molecule has 0 aliphatic heterocycles. The zero-order chi connectivity index (χ0) is 11.4. The fourth-order valence-electron chi connectivity index (χ4n) is 1.21. The van der Waals surface area contributed by atoms with E-state index in [0.29, 0.717) is 5.75 Å². The molecule has 0 amide bonds. The third-order valence-corrected chi connectivity index (χ3v) is 2.78. The Morgan fingerprint density at radius 1 is 1.40 bits per heavy atom. The SMILES string of the molecule is CCC(C)C(=O)Oc1cccc(C)c1C. The molecule has 0 saturated heterocycles. The smallest absolute Gasteiger partial charge is 0.314 e. The molecule has 1 aromatic carbocycles. The molecule has 0 aliphatic rings. The van der Waals surface area contributed by atoms with Crippen LogP contribution in [-0.2, 0) is 4.79 Å².